The van der Waals surface area contributed by atoms with Crippen LogP contribution in [0.25, 0.3) is 5.65 Å². The molecule has 0 aliphatic rings. The first-order valence-electron chi connectivity index (χ1n) is 6.48. The topological polar surface area (TPSA) is 81.3 Å². The average Bonchev–Trinajstić information content (AvgIpc) is 2.89. The molecule has 3 aromatic heterocycles. The Kier molecular flexibility index (Phi) is 3.64. The molecule has 0 radical (unpaired) electrons. The van der Waals surface area contributed by atoms with E-state index in [1.165, 1.54) is 19.2 Å². The minimum atomic E-state index is -0.370. The van der Waals surface area contributed by atoms with Crippen LogP contribution in [0.4, 0.5) is 0 Å². The van der Waals surface area contributed by atoms with Crippen molar-refractivity contribution in [1.82, 2.24) is 24.5 Å². The lowest BCUT2D eigenvalue weighted by molar-refractivity contribution is 0.0943. The van der Waals surface area contributed by atoms with Crippen molar-refractivity contribution >= 4 is 23.2 Å². The first-order chi connectivity index (χ1) is 10.5. The van der Waals surface area contributed by atoms with Crippen molar-refractivity contribution in [3.63, 3.8) is 0 Å². The Balaban J connectivity index is 1.74. The summed E-state index contributed by atoms with van der Waals surface area (Å²) in [6.45, 7) is 0.253. The van der Waals surface area contributed by atoms with Crippen LogP contribution in [0.2, 0.25) is 5.02 Å². The van der Waals surface area contributed by atoms with E-state index >= 15 is 0 Å². The molecule has 0 spiro atoms. The number of hydrogen-bond donors (Lipinski definition) is 1. The third kappa shape index (κ3) is 2.84. The van der Waals surface area contributed by atoms with Crippen LogP contribution >= 0.6 is 11.6 Å². The molecule has 0 atom stereocenters. The van der Waals surface area contributed by atoms with Gasteiger partial charge in [0, 0.05) is 25.5 Å². The Morgan fingerprint density at radius 2 is 2.09 bits per heavy atom. The largest absolute Gasteiger partial charge is 0.345 e. The van der Waals surface area contributed by atoms with Gasteiger partial charge in [0.1, 0.15) is 11.3 Å². The van der Waals surface area contributed by atoms with Gasteiger partial charge in [0.15, 0.2) is 0 Å². The fourth-order valence-corrected chi connectivity index (χ4v) is 2.16. The molecule has 7 nitrogen and oxygen atoms in total. The number of imidazole rings is 1. The summed E-state index contributed by atoms with van der Waals surface area (Å²) in [5.41, 5.74) is 1.34. The molecule has 22 heavy (non-hydrogen) atoms. The maximum Gasteiger partial charge on any atom is 0.272 e. The second-order valence-electron chi connectivity index (χ2n) is 4.71. The van der Waals surface area contributed by atoms with E-state index in [0.29, 0.717) is 10.7 Å². The number of hydrogen-bond acceptors (Lipinski definition) is 4. The SMILES string of the molecule is Cn1nc(C(=O)NCc2cn3cc(Cl)ccc3n2)ccc1=O. The number of aromatic nitrogens is 4. The predicted molar refractivity (Wildman–Crippen MR) is 80.9 cm³/mol. The van der Waals surface area contributed by atoms with Gasteiger partial charge in [-0.2, -0.15) is 5.10 Å². The van der Waals surface area contributed by atoms with Crippen LogP contribution in [0.5, 0.6) is 0 Å². The molecule has 3 rings (SSSR count). The van der Waals surface area contributed by atoms with E-state index in [1.54, 1.807) is 28.9 Å². The van der Waals surface area contributed by atoms with E-state index in [9.17, 15) is 9.59 Å². The van der Waals surface area contributed by atoms with Gasteiger partial charge in [0.05, 0.1) is 17.3 Å². The van der Waals surface area contributed by atoms with Crippen LogP contribution in [-0.4, -0.2) is 25.1 Å². The summed E-state index contributed by atoms with van der Waals surface area (Å²) in [5, 5.41) is 7.21. The molecule has 3 aromatic rings. The van der Waals surface area contributed by atoms with Crippen LogP contribution in [0.15, 0.2) is 41.5 Å². The summed E-state index contributed by atoms with van der Waals surface area (Å²) < 4.78 is 2.90. The third-order valence-corrected chi connectivity index (χ3v) is 3.31. The lowest BCUT2D eigenvalue weighted by Gasteiger charge is -2.03. The molecule has 0 saturated heterocycles. The highest BCUT2D eigenvalue weighted by Gasteiger charge is 2.09. The number of rotatable bonds is 3. The summed E-state index contributed by atoms with van der Waals surface area (Å²) in [7, 11) is 1.49. The molecule has 0 unspecified atom stereocenters. The zero-order valence-electron chi connectivity index (χ0n) is 11.7. The number of pyridine rings is 1. The highest BCUT2D eigenvalue weighted by atomic mass is 35.5. The van der Waals surface area contributed by atoms with Gasteiger partial charge >= 0.3 is 0 Å². The Hall–Kier alpha value is -2.67. The molecule has 1 N–H and O–H groups in total. The molecular weight excluding hydrogens is 306 g/mol. The van der Waals surface area contributed by atoms with Crippen molar-refractivity contribution in [2.45, 2.75) is 6.54 Å². The normalized spacial score (nSPS) is 10.8. The standard InChI is InChI=1S/C14H12ClN5O2/c1-19-13(21)5-3-11(18-19)14(22)16-6-10-8-20-7-9(15)2-4-12(20)17-10/h2-5,7-8H,6H2,1H3,(H,16,22). The molecular formula is C14H12ClN5O2. The van der Waals surface area contributed by atoms with Crippen LogP contribution in [-0.2, 0) is 13.6 Å². The summed E-state index contributed by atoms with van der Waals surface area (Å²) >= 11 is 5.91. The second-order valence-corrected chi connectivity index (χ2v) is 5.14. The molecule has 0 bridgehead atoms. The molecule has 0 aliphatic carbocycles. The molecule has 0 aliphatic heterocycles. The summed E-state index contributed by atoms with van der Waals surface area (Å²) in [6.07, 6.45) is 3.53. The smallest absolute Gasteiger partial charge is 0.272 e. The monoisotopic (exact) mass is 317 g/mol. The highest BCUT2D eigenvalue weighted by Crippen LogP contribution is 2.11. The molecule has 112 valence electrons. The van der Waals surface area contributed by atoms with Gasteiger partial charge in [0.2, 0.25) is 0 Å². The second kappa shape index (κ2) is 5.61. The van der Waals surface area contributed by atoms with E-state index in [4.69, 9.17) is 11.6 Å². The fraction of sp³-hybridized carbons (Fsp3) is 0.143. The molecule has 0 saturated carbocycles. The van der Waals surface area contributed by atoms with Crippen LogP contribution in [0.1, 0.15) is 16.2 Å². The minimum absolute atomic E-state index is 0.175. The Labute approximate surface area is 130 Å². The Morgan fingerprint density at radius 3 is 2.86 bits per heavy atom. The van der Waals surface area contributed by atoms with Gasteiger partial charge in [-0.15, -0.1) is 0 Å². The van der Waals surface area contributed by atoms with Crippen molar-refractivity contribution in [3.05, 3.63) is 63.4 Å². The summed E-state index contributed by atoms with van der Waals surface area (Å²) in [4.78, 5) is 27.6. The van der Waals surface area contributed by atoms with E-state index in [2.05, 4.69) is 15.4 Å². The van der Waals surface area contributed by atoms with Crippen LogP contribution < -0.4 is 10.9 Å². The number of nitrogens with zero attached hydrogens (tertiary/aromatic N) is 4. The first kappa shape index (κ1) is 14.3. The number of fused-ring (bicyclic) bond motifs is 1. The number of aryl methyl sites for hydroxylation is 1. The molecule has 1 amide bonds. The van der Waals surface area contributed by atoms with Gasteiger partial charge in [-0.1, -0.05) is 11.6 Å². The van der Waals surface area contributed by atoms with Crippen LogP contribution in [0.3, 0.4) is 0 Å². The number of carbonyl (C=O) groups excluding carboxylic acids is 1. The minimum Gasteiger partial charge on any atom is -0.345 e. The number of nitrogens with one attached hydrogen (secondary N) is 1. The van der Waals surface area contributed by atoms with E-state index in [1.807, 2.05) is 0 Å². The highest BCUT2D eigenvalue weighted by molar-refractivity contribution is 6.30. The van der Waals surface area contributed by atoms with Gasteiger partial charge in [-0.25, -0.2) is 9.67 Å². The summed E-state index contributed by atoms with van der Waals surface area (Å²) in [5.74, 6) is -0.370. The zero-order chi connectivity index (χ0) is 15.7. The van der Waals surface area contributed by atoms with Gasteiger partial charge in [-0.3, -0.25) is 9.59 Å². The van der Waals surface area contributed by atoms with Crippen molar-refractivity contribution in [3.8, 4) is 0 Å². The maximum atomic E-state index is 12.0. The first-order valence-corrected chi connectivity index (χ1v) is 6.86. The van der Waals surface area contributed by atoms with Crippen molar-refractivity contribution in [1.29, 1.82) is 0 Å². The van der Waals surface area contributed by atoms with Crippen molar-refractivity contribution in [2.75, 3.05) is 0 Å². The molecule has 0 aromatic carbocycles. The molecule has 0 fully saturated rings. The lowest BCUT2D eigenvalue weighted by atomic mass is 10.3. The van der Waals surface area contributed by atoms with Gasteiger partial charge < -0.3 is 9.72 Å². The Bertz CT molecular complexity index is 915. The summed E-state index contributed by atoms with van der Waals surface area (Å²) in [6, 6.07) is 6.23. The molecule has 3 heterocycles. The Morgan fingerprint density at radius 1 is 1.27 bits per heavy atom. The fourth-order valence-electron chi connectivity index (χ4n) is 1.99. The lowest BCUT2D eigenvalue weighted by Crippen LogP contribution is -2.28. The average molecular weight is 318 g/mol. The van der Waals surface area contributed by atoms with E-state index < -0.39 is 0 Å². The zero-order valence-corrected chi connectivity index (χ0v) is 12.4. The van der Waals surface area contributed by atoms with E-state index in [0.717, 1.165) is 10.3 Å². The number of amides is 1. The number of carbonyl (C=O) groups is 1. The van der Waals surface area contributed by atoms with Gasteiger partial charge in [-0.05, 0) is 18.2 Å². The third-order valence-electron chi connectivity index (χ3n) is 3.09. The van der Waals surface area contributed by atoms with E-state index in [-0.39, 0.29) is 23.7 Å². The van der Waals surface area contributed by atoms with Crippen molar-refractivity contribution in [2.24, 2.45) is 7.05 Å². The number of halogens is 1. The molecule has 8 heteroatoms. The van der Waals surface area contributed by atoms with Crippen molar-refractivity contribution < 1.29 is 4.79 Å². The quantitative estimate of drug-likeness (QED) is 0.781. The maximum absolute atomic E-state index is 12.0. The predicted octanol–water partition coefficient (Wildman–Crippen LogP) is 1.01. The van der Waals surface area contributed by atoms with Gasteiger partial charge in [0.25, 0.3) is 11.5 Å². The van der Waals surface area contributed by atoms with Crippen LogP contribution in [0, 0.1) is 0 Å².